The lowest BCUT2D eigenvalue weighted by atomic mass is 9.82. The largest absolute Gasteiger partial charge is 0.435 e. The van der Waals surface area contributed by atoms with Crippen molar-refractivity contribution in [2.45, 2.75) is 12.2 Å². The Morgan fingerprint density at radius 2 is 1.77 bits per heavy atom. The number of aliphatic imine (C=N–C) groups is 1. The molecule has 0 aromatic heterocycles. The number of alkyl halides is 2. The molecule has 0 bridgehead atoms. The molecule has 3 aromatic rings. The third kappa shape index (κ3) is 4.89. The molecule has 1 heterocycles. The molecule has 1 unspecified atom stereocenters. The van der Waals surface area contributed by atoms with E-state index in [0.29, 0.717) is 16.8 Å². The van der Waals surface area contributed by atoms with E-state index in [1.54, 1.807) is 30.3 Å². The van der Waals surface area contributed by atoms with Crippen molar-refractivity contribution < 1.29 is 23.1 Å². The summed E-state index contributed by atoms with van der Waals surface area (Å²) in [5.41, 5.74) is 6.60. The summed E-state index contributed by atoms with van der Waals surface area (Å²) in [5.74, 6) is -0.833. The molecule has 2 amide bonds. The van der Waals surface area contributed by atoms with Crippen LogP contribution in [0.4, 0.5) is 14.5 Å². The van der Waals surface area contributed by atoms with Crippen LogP contribution < -0.4 is 15.8 Å². The van der Waals surface area contributed by atoms with Gasteiger partial charge < -0.3 is 15.8 Å². The first-order valence-electron chi connectivity index (χ1n) is 10.6. The van der Waals surface area contributed by atoms with Gasteiger partial charge in [-0.2, -0.15) is 8.78 Å². The predicted octanol–water partition coefficient (Wildman–Crippen LogP) is 3.97. The van der Waals surface area contributed by atoms with Gasteiger partial charge in [-0.3, -0.25) is 14.5 Å². The summed E-state index contributed by atoms with van der Waals surface area (Å²) < 4.78 is 29.5. The third-order valence-electron chi connectivity index (χ3n) is 5.51. The van der Waals surface area contributed by atoms with E-state index in [0.717, 1.165) is 5.56 Å². The van der Waals surface area contributed by atoms with Gasteiger partial charge in [0.25, 0.3) is 5.91 Å². The fourth-order valence-electron chi connectivity index (χ4n) is 3.80. The van der Waals surface area contributed by atoms with Crippen molar-refractivity contribution in [2.75, 3.05) is 12.4 Å². The number of anilines is 1. The summed E-state index contributed by atoms with van der Waals surface area (Å²) in [5, 5.41) is 2.78. The molecule has 7 nitrogen and oxygen atoms in total. The van der Waals surface area contributed by atoms with Gasteiger partial charge in [0.1, 0.15) is 5.75 Å². The van der Waals surface area contributed by atoms with Crippen LogP contribution in [0.5, 0.6) is 5.75 Å². The average Bonchev–Trinajstić information content (AvgIpc) is 3.08. The monoisotopic (exact) mass is 476 g/mol. The topological polar surface area (TPSA) is 97.0 Å². The first kappa shape index (κ1) is 23.6. The van der Waals surface area contributed by atoms with E-state index in [-0.39, 0.29) is 17.6 Å². The van der Waals surface area contributed by atoms with Crippen molar-refractivity contribution in [3.05, 3.63) is 102 Å². The van der Waals surface area contributed by atoms with Gasteiger partial charge in [-0.05, 0) is 47.0 Å². The highest BCUT2D eigenvalue weighted by atomic mass is 19.3. The first-order chi connectivity index (χ1) is 16.8. The Morgan fingerprint density at radius 1 is 1.06 bits per heavy atom. The van der Waals surface area contributed by atoms with Crippen molar-refractivity contribution in [1.29, 1.82) is 0 Å². The van der Waals surface area contributed by atoms with Gasteiger partial charge in [0.2, 0.25) is 5.91 Å². The number of ether oxygens (including phenoxy) is 1. The number of nitrogens with one attached hydrogen (secondary N) is 1. The maximum atomic E-state index is 13.4. The van der Waals surface area contributed by atoms with Crippen molar-refractivity contribution in [3.8, 4) is 5.75 Å². The molecule has 0 fully saturated rings. The van der Waals surface area contributed by atoms with Gasteiger partial charge in [-0.1, -0.05) is 54.6 Å². The Balaban J connectivity index is 1.67. The number of nitrogens with two attached hydrogens (primary N) is 1. The van der Waals surface area contributed by atoms with Gasteiger partial charge in [0, 0.05) is 18.8 Å². The predicted molar refractivity (Wildman–Crippen MR) is 129 cm³/mol. The number of nitrogens with zero attached hydrogens (tertiary/aromatic N) is 2. The summed E-state index contributed by atoms with van der Waals surface area (Å²) in [6, 6.07) is 21.7. The Morgan fingerprint density at radius 3 is 2.40 bits per heavy atom. The summed E-state index contributed by atoms with van der Waals surface area (Å²) in [6.45, 7) is -2.97. The van der Waals surface area contributed by atoms with Crippen molar-refractivity contribution in [2.24, 2.45) is 10.7 Å². The number of hydrogen-bond acceptors (Lipinski definition) is 5. The molecule has 0 aliphatic carbocycles. The Kier molecular flexibility index (Phi) is 6.59. The minimum Gasteiger partial charge on any atom is -0.435 e. The molecular weight excluding hydrogens is 454 g/mol. The normalized spacial score (nSPS) is 17.7. The minimum atomic E-state index is -2.97. The molecular formula is C26H22F2N4O3. The van der Waals surface area contributed by atoms with Crippen LogP contribution in [0, 0.1) is 0 Å². The molecule has 178 valence electrons. The van der Waals surface area contributed by atoms with Gasteiger partial charge in [0.05, 0.1) is 0 Å². The van der Waals surface area contributed by atoms with E-state index < -0.39 is 18.1 Å². The minimum absolute atomic E-state index is 0.00291. The summed E-state index contributed by atoms with van der Waals surface area (Å²) >= 11 is 0. The first-order valence-corrected chi connectivity index (χ1v) is 10.6. The standard InChI is InChI=1S/C26H22F2N4O3/c1-32-23(34)26(31-25(32)29,18-11-13-21(14-12-18)35-24(27)28)19-8-5-9-20(16-19)30-22(33)15-10-17-6-3-2-4-7-17/h2-16,24H,1H3,(H2,29,31)(H,30,33)/b15-10+. The van der Waals surface area contributed by atoms with E-state index in [1.807, 2.05) is 30.3 Å². The molecule has 0 saturated carbocycles. The quantitative estimate of drug-likeness (QED) is 0.505. The number of rotatable bonds is 7. The van der Waals surface area contributed by atoms with Crippen LogP contribution in [-0.4, -0.2) is 36.3 Å². The molecule has 4 rings (SSSR count). The number of hydrogen-bond donors (Lipinski definition) is 2. The summed E-state index contributed by atoms with van der Waals surface area (Å²) in [4.78, 5) is 31.5. The van der Waals surface area contributed by atoms with E-state index in [9.17, 15) is 18.4 Å². The molecule has 3 aromatic carbocycles. The van der Waals surface area contributed by atoms with E-state index in [2.05, 4.69) is 15.0 Å². The summed E-state index contributed by atoms with van der Waals surface area (Å²) in [7, 11) is 1.50. The second-order valence-electron chi connectivity index (χ2n) is 7.76. The SMILES string of the molecule is CN1C(=O)C(c2ccc(OC(F)F)cc2)(c2cccc(NC(=O)/C=C/c3ccccc3)c2)N=C1N. The number of likely N-dealkylation sites (N-methyl/N-ethyl adjacent to an activating group) is 1. The number of halogens is 2. The maximum Gasteiger partial charge on any atom is 0.387 e. The lowest BCUT2D eigenvalue weighted by molar-refractivity contribution is -0.129. The molecule has 0 spiro atoms. The smallest absolute Gasteiger partial charge is 0.387 e. The van der Waals surface area contributed by atoms with Crippen molar-refractivity contribution in [1.82, 2.24) is 4.90 Å². The van der Waals surface area contributed by atoms with Crippen LogP contribution in [0.3, 0.4) is 0 Å². The highest BCUT2D eigenvalue weighted by Gasteiger charge is 2.49. The fourth-order valence-corrected chi connectivity index (χ4v) is 3.80. The number of amides is 2. The zero-order valence-electron chi connectivity index (χ0n) is 18.7. The van der Waals surface area contributed by atoms with Crippen LogP contribution in [0.25, 0.3) is 6.08 Å². The Hall–Kier alpha value is -4.53. The molecule has 1 aliphatic heterocycles. The fraction of sp³-hybridized carbons (Fsp3) is 0.115. The van der Waals surface area contributed by atoms with E-state index in [1.165, 1.54) is 42.3 Å². The number of guanidine groups is 1. The molecule has 1 atom stereocenters. The molecule has 0 radical (unpaired) electrons. The molecule has 0 saturated heterocycles. The summed E-state index contributed by atoms with van der Waals surface area (Å²) in [6.07, 6.45) is 3.09. The van der Waals surface area contributed by atoms with Crippen LogP contribution >= 0.6 is 0 Å². The Bertz CT molecular complexity index is 1290. The number of benzene rings is 3. The second-order valence-corrected chi connectivity index (χ2v) is 7.76. The Labute approximate surface area is 200 Å². The van der Waals surface area contributed by atoms with Gasteiger partial charge in [-0.25, -0.2) is 4.99 Å². The molecule has 9 heteroatoms. The van der Waals surface area contributed by atoms with Crippen LogP contribution in [0.1, 0.15) is 16.7 Å². The zero-order chi connectivity index (χ0) is 25.0. The molecule has 1 aliphatic rings. The molecule has 3 N–H and O–H groups in total. The van der Waals surface area contributed by atoms with Gasteiger partial charge in [-0.15, -0.1) is 0 Å². The van der Waals surface area contributed by atoms with Crippen molar-refractivity contribution >= 4 is 29.5 Å². The lowest BCUT2D eigenvalue weighted by Crippen LogP contribution is -2.41. The van der Waals surface area contributed by atoms with Crippen LogP contribution in [0.15, 0.2) is 89.9 Å². The zero-order valence-corrected chi connectivity index (χ0v) is 18.7. The second kappa shape index (κ2) is 9.76. The van der Waals surface area contributed by atoms with Crippen molar-refractivity contribution in [3.63, 3.8) is 0 Å². The third-order valence-corrected chi connectivity index (χ3v) is 5.51. The molecule has 35 heavy (non-hydrogen) atoms. The highest BCUT2D eigenvalue weighted by Crippen LogP contribution is 2.40. The van der Waals surface area contributed by atoms with Gasteiger partial charge >= 0.3 is 6.61 Å². The van der Waals surface area contributed by atoms with Crippen LogP contribution in [0.2, 0.25) is 0 Å². The highest BCUT2D eigenvalue weighted by molar-refractivity contribution is 6.09. The number of carbonyl (C=O) groups is 2. The number of carbonyl (C=O) groups excluding carboxylic acids is 2. The van der Waals surface area contributed by atoms with Crippen LogP contribution in [-0.2, 0) is 15.1 Å². The maximum absolute atomic E-state index is 13.4. The van der Waals surface area contributed by atoms with E-state index >= 15 is 0 Å². The average molecular weight is 476 g/mol. The van der Waals surface area contributed by atoms with Gasteiger partial charge in [0.15, 0.2) is 11.5 Å². The van der Waals surface area contributed by atoms with E-state index in [4.69, 9.17) is 5.73 Å². The lowest BCUT2D eigenvalue weighted by Gasteiger charge is -2.26.